The highest BCUT2D eigenvalue weighted by molar-refractivity contribution is 7.92. The van der Waals surface area contributed by atoms with Crippen molar-refractivity contribution < 1.29 is 18.3 Å². The Morgan fingerprint density at radius 3 is 2.11 bits per heavy atom. The van der Waals surface area contributed by atoms with Crippen LogP contribution in [0.5, 0.6) is 11.5 Å². The average Bonchev–Trinajstić information content (AvgIpc) is 2.41. The third-order valence-corrected chi connectivity index (χ3v) is 3.89. The number of methoxy groups -OCH3 is 1. The largest absolute Gasteiger partial charge is 0.508 e. The quantitative estimate of drug-likeness (QED) is 0.841. The zero-order chi connectivity index (χ0) is 13.9. The first-order valence-electron chi connectivity index (χ1n) is 5.47. The summed E-state index contributed by atoms with van der Waals surface area (Å²) in [5, 5.41) is 9.14. The van der Waals surface area contributed by atoms with Gasteiger partial charge in [0.2, 0.25) is 0 Å². The first-order chi connectivity index (χ1) is 9.01. The van der Waals surface area contributed by atoms with Gasteiger partial charge in [0.15, 0.2) is 0 Å². The van der Waals surface area contributed by atoms with Gasteiger partial charge >= 0.3 is 0 Å². The molecule has 0 saturated carbocycles. The molecule has 0 aliphatic heterocycles. The number of anilines is 1. The number of rotatable bonds is 4. The Morgan fingerprint density at radius 1 is 1.00 bits per heavy atom. The molecular formula is C13H13NO4S. The lowest BCUT2D eigenvalue weighted by Gasteiger charge is -2.08. The fourth-order valence-electron chi connectivity index (χ4n) is 1.50. The summed E-state index contributed by atoms with van der Waals surface area (Å²) in [6, 6.07) is 11.9. The summed E-state index contributed by atoms with van der Waals surface area (Å²) in [6.45, 7) is 0. The Morgan fingerprint density at radius 2 is 1.58 bits per heavy atom. The average molecular weight is 279 g/mol. The Labute approximate surface area is 111 Å². The summed E-state index contributed by atoms with van der Waals surface area (Å²) in [6.07, 6.45) is 0. The Bertz CT molecular complexity index is 648. The predicted octanol–water partition coefficient (Wildman–Crippen LogP) is 2.20. The van der Waals surface area contributed by atoms with Crippen molar-refractivity contribution in [1.82, 2.24) is 0 Å². The zero-order valence-corrected chi connectivity index (χ0v) is 11.0. The van der Waals surface area contributed by atoms with E-state index in [-0.39, 0.29) is 10.6 Å². The van der Waals surface area contributed by atoms with Gasteiger partial charge in [0, 0.05) is 5.69 Å². The Hall–Kier alpha value is -2.21. The number of phenolic OH excluding ortho intramolecular Hbond substituents is 1. The van der Waals surface area contributed by atoms with Crippen molar-refractivity contribution in [1.29, 1.82) is 0 Å². The number of sulfonamides is 1. The molecule has 0 amide bonds. The summed E-state index contributed by atoms with van der Waals surface area (Å²) < 4.78 is 31.5. The van der Waals surface area contributed by atoms with E-state index in [0.717, 1.165) is 0 Å². The number of hydrogen-bond acceptors (Lipinski definition) is 4. The van der Waals surface area contributed by atoms with Crippen LogP contribution in [0.25, 0.3) is 0 Å². The molecule has 2 aromatic rings. The van der Waals surface area contributed by atoms with E-state index in [1.54, 1.807) is 12.1 Å². The monoisotopic (exact) mass is 279 g/mol. The van der Waals surface area contributed by atoms with Gasteiger partial charge in [-0.05, 0) is 48.5 Å². The van der Waals surface area contributed by atoms with E-state index in [9.17, 15) is 8.42 Å². The molecule has 0 bridgehead atoms. The van der Waals surface area contributed by atoms with Gasteiger partial charge in [-0.1, -0.05) is 0 Å². The molecule has 19 heavy (non-hydrogen) atoms. The molecule has 6 heteroatoms. The van der Waals surface area contributed by atoms with E-state index in [2.05, 4.69) is 4.72 Å². The maximum Gasteiger partial charge on any atom is 0.261 e. The SMILES string of the molecule is COc1ccc(S(=O)(=O)Nc2ccc(O)cc2)cc1. The molecule has 0 aliphatic rings. The minimum atomic E-state index is -3.64. The van der Waals surface area contributed by atoms with E-state index >= 15 is 0 Å². The minimum Gasteiger partial charge on any atom is -0.508 e. The van der Waals surface area contributed by atoms with Crippen molar-refractivity contribution in [3.05, 3.63) is 48.5 Å². The third-order valence-electron chi connectivity index (χ3n) is 2.49. The first-order valence-corrected chi connectivity index (χ1v) is 6.95. The number of benzene rings is 2. The van der Waals surface area contributed by atoms with Crippen molar-refractivity contribution >= 4 is 15.7 Å². The van der Waals surface area contributed by atoms with Crippen LogP contribution in [0.1, 0.15) is 0 Å². The Kier molecular flexibility index (Phi) is 3.62. The lowest BCUT2D eigenvalue weighted by molar-refractivity contribution is 0.414. The van der Waals surface area contributed by atoms with Gasteiger partial charge in [-0.3, -0.25) is 4.72 Å². The molecule has 0 heterocycles. The molecule has 0 aliphatic carbocycles. The van der Waals surface area contributed by atoms with Crippen molar-refractivity contribution in [3.8, 4) is 11.5 Å². The summed E-state index contributed by atoms with van der Waals surface area (Å²) in [5.74, 6) is 0.663. The molecule has 5 nitrogen and oxygen atoms in total. The molecule has 0 atom stereocenters. The smallest absolute Gasteiger partial charge is 0.261 e. The summed E-state index contributed by atoms with van der Waals surface area (Å²) in [4.78, 5) is 0.140. The van der Waals surface area contributed by atoms with Crippen LogP contribution < -0.4 is 9.46 Å². The fourth-order valence-corrected chi connectivity index (χ4v) is 2.56. The van der Waals surface area contributed by atoms with E-state index < -0.39 is 10.0 Å². The van der Waals surface area contributed by atoms with Crippen molar-refractivity contribution in [2.45, 2.75) is 4.90 Å². The van der Waals surface area contributed by atoms with Crippen LogP contribution in [0, 0.1) is 0 Å². The molecule has 2 N–H and O–H groups in total. The highest BCUT2D eigenvalue weighted by Gasteiger charge is 2.13. The molecule has 0 unspecified atom stereocenters. The Balaban J connectivity index is 2.24. The highest BCUT2D eigenvalue weighted by Crippen LogP contribution is 2.20. The molecule has 100 valence electrons. The van der Waals surface area contributed by atoms with Gasteiger partial charge in [-0.25, -0.2) is 8.42 Å². The molecule has 0 radical (unpaired) electrons. The van der Waals surface area contributed by atoms with Crippen LogP contribution in [-0.4, -0.2) is 20.6 Å². The van der Waals surface area contributed by atoms with E-state index in [0.29, 0.717) is 11.4 Å². The number of phenols is 1. The number of aromatic hydroxyl groups is 1. The van der Waals surface area contributed by atoms with E-state index in [1.165, 1.54) is 43.5 Å². The van der Waals surface area contributed by atoms with Crippen molar-refractivity contribution in [2.24, 2.45) is 0 Å². The van der Waals surface area contributed by atoms with Crippen LogP contribution in [0.3, 0.4) is 0 Å². The first kappa shape index (κ1) is 13.2. The number of ether oxygens (including phenoxy) is 1. The molecule has 0 fully saturated rings. The zero-order valence-electron chi connectivity index (χ0n) is 10.2. The summed E-state index contributed by atoms with van der Waals surface area (Å²) >= 11 is 0. The normalized spacial score (nSPS) is 11.0. The second kappa shape index (κ2) is 5.19. The highest BCUT2D eigenvalue weighted by atomic mass is 32.2. The third kappa shape index (κ3) is 3.17. The maximum atomic E-state index is 12.1. The predicted molar refractivity (Wildman–Crippen MR) is 71.9 cm³/mol. The standard InChI is InChI=1S/C13H13NO4S/c1-18-12-6-8-13(9-7-12)19(16,17)14-10-2-4-11(15)5-3-10/h2-9,14-15H,1H3. The lowest BCUT2D eigenvalue weighted by atomic mass is 10.3. The number of nitrogens with one attached hydrogen (secondary N) is 1. The van der Waals surface area contributed by atoms with Gasteiger partial charge < -0.3 is 9.84 Å². The summed E-state index contributed by atoms with van der Waals surface area (Å²) in [5.41, 5.74) is 0.383. The minimum absolute atomic E-state index is 0.0763. The van der Waals surface area contributed by atoms with E-state index in [4.69, 9.17) is 9.84 Å². The maximum absolute atomic E-state index is 12.1. The van der Waals surface area contributed by atoms with Crippen LogP contribution in [0.2, 0.25) is 0 Å². The molecule has 0 aromatic heterocycles. The van der Waals surface area contributed by atoms with Crippen LogP contribution in [0.15, 0.2) is 53.4 Å². The van der Waals surface area contributed by atoms with Gasteiger partial charge in [-0.2, -0.15) is 0 Å². The second-order valence-corrected chi connectivity index (χ2v) is 5.51. The van der Waals surface area contributed by atoms with Crippen molar-refractivity contribution in [3.63, 3.8) is 0 Å². The number of hydrogen-bond donors (Lipinski definition) is 2. The fraction of sp³-hybridized carbons (Fsp3) is 0.0769. The van der Waals surface area contributed by atoms with Gasteiger partial charge in [0.1, 0.15) is 11.5 Å². The van der Waals surface area contributed by atoms with Crippen LogP contribution in [0.4, 0.5) is 5.69 Å². The van der Waals surface area contributed by atoms with Gasteiger partial charge in [-0.15, -0.1) is 0 Å². The van der Waals surface area contributed by atoms with Gasteiger partial charge in [0.25, 0.3) is 10.0 Å². The van der Waals surface area contributed by atoms with Gasteiger partial charge in [0.05, 0.1) is 12.0 Å². The van der Waals surface area contributed by atoms with Crippen LogP contribution >= 0.6 is 0 Å². The molecule has 2 aromatic carbocycles. The molecular weight excluding hydrogens is 266 g/mol. The van der Waals surface area contributed by atoms with E-state index in [1.807, 2.05) is 0 Å². The lowest BCUT2D eigenvalue weighted by Crippen LogP contribution is -2.12. The second-order valence-electron chi connectivity index (χ2n) is 3.83. The van der Waals surface area contributed by atoms with Crippen LogP contribution in [-0.2, 0) is 10.0 Å². The van der Waals surface area contributed by atoms with Crippen molar-refractivity contribution in [2.75, 3.05) is 11.8 Å². The molecule has 0 spiro atoms. The molecule has 2 rings (SSSR count). The summed E-state index contributed by atoms with van der Waals surface area (Å²) in [7, 11) is -2.13. The molecule has 0 saturated heterocycles. The topological polar surface area (TPSA) is 75.6 Å².